The lowest BCUT2D eigenvalue weighted by Crippen LogP contribution is -2.51. The number of alkyl halides is 3. The number of rotatable bonds is 8. The first-order valence-corrected chi connectivity index (χ1v) is 8.70. The van der Waals surface area contributed by atoms with Crippen molar-refractivity contribution < 1.29 is 28.0 Å². The summed E-state index contributed by atoms with van der Waals surface area (Å²) in [4.78, 5) is 22.6. The zero-order valence-corrected chi connectivity index (χ0v) is 15.8. The molecule has 1 unspecified atom stereocenters. The summed E-state index contributed by atoms with van der Waals surface area (Å²) >= 11 is 0. The van der Waals surface area contributed by atoms with Gasteiger partial charge in [-0.05, 0) is 43.9 Å². The molecule has 0 heterocycles. The van der Waals surface area contributed by atoms with Crippen LogP contribution in [0.4, 0.5) is 18.9 Å². The van der Waals surface area contributed by atoms with E-state index in [1.165, 1.54) is 6.07 Å². The molecule has 2 N–H and O–H groups in total. The summed E-state index contributed by atoms with van der Waals surface area (Å²) < 4.78 is 40.0. The maximum absolute atomic E-state index is 13.3. The van der Waals surface area contributed by atoms with E-state index < -0.39 is 45.8 Å². The molecule has 1 aromatic rings. The summed E-state index contributed by atoms with van der Waals surface area (Å²) in [5.74, 6) is -0.483. The molecule has 0 spiro atoms. The lowest BCUT2D eigenvalue weighted by Gasteiger charge is -2.37. The van der Waals surface area contributed by atoms with E-state index in [-0.39, 0.29) is 18.4 Å². The van der Waals surface area contributed by atoms with Crippen molar-refractivity contribution in [2.24, 2.45) is 5.41 Å². The van der Waals surface area contributed by atoms with Gasteiger partial charge in [0, 0.05) is 6.07 Å². The molecular weight excluding hydrogens is 365 g/mol. The van der Waals surface area contributed by atoms with E-state index in [1.54, 1.807) is 27.7 Å². The second-order valence-electron chi connectivity index (χ2n) is 6.80. The van der Waals surface area contributed by atoms with E-state index in [9.17, 15) is 33.2 Å². The number of aliphatic hydroxyl groups is 1. The van der Waals surface area contributed by atoms with Gasteiger partial charge in [-0.1, -0.05) is 20.8 Å². The molecule has 0 aromatic heterocycles. The number of benzene rings is 1. The molecule has 0 fully saturated rings. The van der Waals surface area contributed by atoms with Gasteiger partial charge in [0.1, 0.15) is 5.56 Å². The maximum Gasteiger partial charge on any atom is 0.423 e. The predicted molar refractivity (Wildman–Crippen MR) is 94.0 cm³/mol. The number of amides is 1. The van der Waals surface area contributed by atoms with Crippen LogP contribution in [-0.2, 0) is 16.5 Å². The monoisotopic (exact) mass is 390 g/mol. The average molecular weight is 390 g/mol. The highest BCUT2D eigenvalue weighted by Gasteiger charge is 2.42. The summed E-state index contributed by atoms with van der Waals surface area (Å²) in [6.07, 6.45) is -4.02. The maximum atomic E-state index is 13.3. The number of carbonyl (C=O) groups excluding carboxylic acids is 1. The van der Waals surface area contributed by atoms with Crippen molar-refractivity contribution in [2.45, 2.75) is 58.7 Å². The van der Waals surface area contributed by atoms with Crippen LogP contribution >= 0.6 is 0 Å². The minimum absolute atomic E-state index is 0.134. The zero-order valence-electron chi connectivity index (χ0n) is 15.8. The Bertz CT molecular complexity index is 696. The molecule has 152 valence electrons. The SMILES string of the molecule is CCC(C)(CO)C(=O)NC(CC)(CC)c1ccc([N+](=O)[O-])c(C(F)(F)F)c1. The number of nitrogens with zero attached hydrogens (tertiary/aromatic N) is 1. The third-order valence-electron chi connectivity index (χ3n) is 5.29. The van der Waals surface area contributed by atoms with Gasteiger partial charge in [0.15, 0.2) is 0 Å². The fourth-order valence-corrected chi connectivity index (χ4v) is 2.84. The number of nitro groups is 1. The fraction of sp³-hybridized carbons (Fsp3) is 0.611. The Balaban J connectivity index is 3.51. The largest absolute Gasteiger partial charge is 0.423 e. The highest BCUT2D eigenvalue weighted by Crippen LogP contribution is 2.40. The van der Waals surface area contributed by atoms with Crippen LogP contribution in [0.25, 0.3) is 0 Å². The highest BCUT2D eigenvalue weighted by atomic mass is 19.4. The molecule has 9 heteroatoms. The number of nitro benzene ring substituents is 1. The summed E-state index contributed by atoms with van der Waals surface area (Å²) in [6, 6.07) is 2.78. The van der Waals surface area contributed by atoms with Crippen LogP contribution in [0, 0.1) is 15.5 Å². The molecule has 0 aliphatic heterocycles. The third kappa shape index (κ3) is 4.58. The third-order valence-corrected chi connectivity index (χ3v) is 5.29. The molecule has 1 aromatic carbocycles. The van der Waals surface area contributed by atoms with Gasteiger partial charge in [-0.2, -0.15) is 13.2 Å². The normalized spacial score (nSPS) is 14.5. The van der Waals surface area contributed by atoms with E-state index in [2.05, 4.69) is 5.32 Å². The van der Waals surface area contributed by atoms with Crippen molar-refractivity contribution in [3.05, 3.63) is 39.4 Å². The molecule has 6 nitrogen and oxygen atoms in total. The highest BCUT2D eigenvalue weighted by molar-refractivity contribution is 5.83. The van der Waals surface area contributed by atoms with Crippen LogP contribution < -0.4 is 5.32 Å². The summed E-state index contributed by atoms with van der Waals surface area (Å²) in [5.41, 5.74) is -4.48. The van der Waals surface area contributed by atoms with Crippen molar-refractivity contribution in [2.75, 3.05) is 6.61 Å². The van der Waals surface area contributed by atoms with Gasteiger partial charge >= 0.3 is 6.18 Å². The smallest absolute Gasteiger partial charge is 0.395 e. The van der Waals surface area contributed by atoms with Crippen LogP contribution in [0.1, 0.15) is 58.1 Å². The van der Waals surface area contributed by atoms with E-state index in [4.69, 9.17) is 0 Å². The van der Waals surface area contributed by atoms with Crippen molar-refractivity contribution in [1.29, 1.82) is 0 Å². The standard InChI is InChI=1S/C18H25F3N2O4/c1-5-16(4,11-24)15(25)22-17(6-2,7-3)12-8-9-14(23(26)27)13(10-12)18(19,20)21/h8-10,24H,5-7,11H2,1-4H3,(H,22,25). The molecule has 0 saturated carbocycles. The van der Waals surface area contributed by atoms with Crippen molar-refractivity contribution in [1.82, 2.24) is 5.32 Å². The molecule has 0 aliphatic rings. The number of nitrogens with one attached hydrogen (secondary N) is 1. The van der Waals surface area contributed by atoms with Gasteiger partial charge < -0.3 is 10.4 Å². The fourth-order valence-electron chi connectivity index (χ4n) is 2.84. The van der Waals surface area contributed by atoms with Crippen molar-refractivity contribution in [3.63, 3.8) is 0 Å². The van der Waals surface area contributed by atoms with Crippen LogP contribution in [-0.4, -0.2) is 22.5 Å². The van der Waals surface area contributed by atoms with Crippen LogP contribution in [0.2, 0.25) is 0 Å². The van der Waals surface area contributed by atoms with E-state index >= 15 is 0 Å². The Labute approximate surface area is 155 Å². The predicted octanol–water partition coefficient (Wildman–Crippen LogP) is 4.15. The molecule has 0 saturated heterocycles. The van der Waals surface area contributed by atoms with Crippen LogP contribution in [0.15, 0.2) is 18.2 Å². The van der Waals surface area contributed by atoms with Gasteiger partial charge in [0.25, 0.3) is 5.69 Å². The van der Waals surface area contributed by atoms with Crippen LogP contribution in [0.5, 0.6) is 0 Å². The molecule has 1 rings (SSSR count). The Morgan fingerprint density at radius 1 is 1.19 bits per heavy atom. The first kappa shape index (κ1) is 22.9. The van der Waals surface area contributed by atoms with E-state index in [0.29, 0.717) is 6.42 Å². The minimum atomic E-state index is -4.90. The number of hydrogen-bond acceptors (Lipinski definition) is 4. The topological polar surface area (TPSA) is 92.5 Å². The lowest BCUT2D eigenvalue weighted by molar-refractivity contribution is -0.388. The van der Waals surface area contributed by atoms with E-state index in [0.717, 1.165) is 12.1 Å². The van der Waals surface area contributed by atoms with Gasteiger partial charge in [-0.25, -0.2) is 0 Å². The minimum Gasteiger partial charge on any atom is -0.395 e. The second kappa shape index (κ2) is 8.24. The average Bonchev–Trinajstić information content (AvgIpc) is 2.64. The first-order valence-electron chi connectivity index (χ1n) is 8.70. The van der Waals surface area contributed by atoms with Crippen LogP contribution in [0.3, 0.4) is 0 Å². The second-order valence-corrected chi connectivity index (χ2v) is 6.80. The first-order chi connectivity index (χ1) is 12.4. The van der Waals surface area contributed by atoms with Gasteiger partial charge in [-0.3, -0.25) is 14.9 Å². The van der Waals surface area contributed by atoms with Gasteiger partial charge in [0.2, 0.25) is 5.91 Å². The lowest BCUT2D eigenvalue weighted by atomic mass is 9.80. The number of aliphatic hydroxyl groups excluding tert-OH is 1. The Morgan fingerprint density at radius 3 is 2.11 bits per heavy atom. The molecule has 1 amide bonds. The number of carbonyl (C=O) groups is 1. The molecule has 0 bridgehead atoms. The van der Waals surface area contributed by atoms with Crippen molar-refractivity contribution >= 4 is 11.6 Å². The molecule has 27 heavy (non-hydrogen) atoms. The summed E-state index contributed by atoms with van der Waals surface area (Å²) in [6.45, 7) is 6.30. The molecule has 1 atom stereocenters. The Kier molecular flexibility index (Phi) is 6.99. The van der Waals surface area contributed by atoms with Gasteiger partial charge in [0.05, 0.1) is 22.5 Å². The molecule has 0 aliphatic carbocycles. The Morgan fingerprint density at radius 2 is 1.74 bits per heavy atom. The number of halogens is 3. The summed E-state index contributed by atoms with van der Waals surface area (Å²) in [5, 5.41) is 23.3. The summed E-state index contributed by atoms with van der Waals surface area (Å²) in [7, 11) is 0. The number of hydrogen-bond donors (Lipinski definition) is 2. The van der Waals surface area contributed by atoms with E-state index in [1.807, 2.05) is 0 Å². The quantitative estimate of drug-likeness (QED) is 0.515. The molecular formula is C18H25F3N2O4. The molecule has 0 radical (unpaired) electrons. The van der Waals surface area contributed by atoms with Gasteiger partial charge in [-0.15, -0.1) is 0 Å². The zero-order chi connectivity index (χ0) is 21.0. The Hall–Kier alpha value is -2.16. The van der Waals surface area contributed by atoms with Crippen molar-refractivity contribution in [3.8, 4) is 0 Å².